The second kappa shape index (κ2) is 4.74. The fourth-order valence-corrected chi connectivity index (χ4v) is 2.10. The summed E-state index contributed by atoms with van der Waals surface area (Å²) in [6.45, 7) is 3.31. The van der Waals surface area contributed by atoms with E-state index in [0.717, 1.165) is 26.1 Å². The van der Waals surface area contributed by atoms with E-state index in [2.05, 4.69) is 9.88 Å². The fraction of sp³-hybridized carbons (Fsp3) is 0.700. The summed E-state index contributed by atoms with van der Waals surface area (Å²) < 4.78 is 1.98. The van der Waals surface area contributed by atoms with Crippen LogP contribution in [0.15, 0.2) is 18.7 Å². The molecule has 15 heavy (non-hydrogen) atoms. The van der Waals surface area contributed by atoms with Gasteiger partial charge in [-0.05, 0) is 19.5 Å². The quantitative estimate of drug-likeness (QED) is 0.699. The zero-order valence-corrected chi connectivity index (χ0v) is 8.79. The van der Waals surface area contributed by atoms with Gasteiger partial charge >= 0.3 is 0 Å². The molecule has 84 valence electrons. The first-order valence-corrected chi connectivity index (χ1v) is 5.39. The van der Waals surface area contributed by atoms with Gasteiger partial charge < -0.3 is 15.4 Å². The molecule has 1 aromatic rings. The Morgan fingerprint density at radius 1 is 1.47 bits per heavy atom. The predicted octanol–water partition coefficient (Wildman–Crippen LogP) is -0.551. The number of nitrogens with zero attached hydrogens (tertiary/aromatic N) is 3. The van der Waals surface area contributed by atoms with Crippen molar-refractivity contribution >= 4 is 0 Å². The molecule has 0 radical (unpaired) electrons. The second-order valence-electron chi connectivity index (χ2n) is 4.05. The van der Waals surface area contributed by atoms with Gasteiger partial charge in [0.1, 0.15) is 0 Å². The molecular weight excluding hydrogens is 192 g/mol. The number of hydrogen-bond acceptors (Lipinski definition) is 4. The summed E-state index contributed by atoms with van der Waals surface area (Å²) in [5.41, 5.74) is 5.47. The van der Waals surface area contributed by atoms with E-state index in [1.165, 1.54) is 0 Å². The van der Waals surface area contributed by atoms with Crippen LogP contribution in [0.2, 0.25) is 0 Å². The molecule has 1 aromatic heterocycles. The Kier molecular flexibility index (Phi) is 3.35. The molecule has 5 nitrogen and oxygen atoms in total. The molecule has 0 amide bonds. The lowest BCUT2D eigenvalue weighted by atomic mass is 10.2. The van der Waals surface area contributed by atoms with Gasteiger partial charge in [0, 0.05) is 25.5 Å². The minimum absolute atomic E-state index is 0.144. The van der Waals surface area contributed by atoms with Crippen LogP contribution in [0.3, 0.4) is 0 Å². The van der Waals surface area contributed by atoms with E-state index in [0.29, 0.717) is 6.54 Å². The van der Waals surface area contributed by atoms with Crippen molar-refractivity contribution in [1.29, 1.82) is 0 Å². The zero-order valence-electron chi connectivity index (χ0n) is 8.79. The highest BCUT2D eigenvalue weighted by atomic mass is 16.3. The molecule has 5 heteroatoms. The van der Waals surface area contributed by atoms with Crippen LogP contribution in [0.1, 0.15) is 12.5 Å². The molecular formula is C10H18N4O. The van der Waals surface area contributed by atoms with Crippen molar-refractivity contribution in [2.75, 3.05) is 26.2 Å². The van der Waals surface area contributed by atoms with Crippen LogP contribution in [0.25, 0.3) is 0 Å². The average Bonchev–Trinajstić information content (AvgIpc) is 2.83. The van der Waals surface area contributed by atoms with E-state index < -0.39 is 0 Å². The van der Waals surface area contributed by atoms with Crippen LogP contribution in [-0.2, 0) is 0 Å². The highest BCUT2D eigenvalue weighted by molar-refractivity contribution is 4.91. The van der Waals surface area contributed by atoms with E-state index in [1.807, 2.05) is 10.8 Å². The van der Waals surface area contributed by atoms with Gasteiger partial charge in [0.2, 0.25) is 0 Å². The summed E-state index contributed by atoms with van der Waals surface area (Å²) in [5, 5.41) is 9.91. The molecule has 1 aliphatic rings. The Labute approximate surface area is 89.5 Å². The second-order valence-corrected chi connectivity index (χ2v) is 4.05. The molecule has 2 rings (SSSR count). The number of aromatic nitrogens is 2. The van der Waals surface area contributed by atoms with Crippen LogP contribution in [-0.4, -0.2) is 51.8 Å². The average molecular weight is 210 g/mol. The summed E-state index contributed by atoms with van der Waals surface area (Å²) in [5.74, 6) is 0. The topological polar surface area (TPSA) is 67.3 Å². The normalized spacial score (nSPS) is 27.3. The van der Waals surface area contributed by atoms with Crippen molar-refractivity contribution in [2.24, 2.45) is 5.73 Å². The predicted molar refractivity (Wildman–Crippen MR) is 57.4 cm³/mol. The van der Waals surface area contributed by atoms with Crippen LogP contribution in [0.4, 0.5) is 0 Å². The van der Waals surface area contributed by atoms with Gasteiger partial charge in [0.05, 0.1) is 18.5 Å². The largest absolute Gasteiger partial charge is 0.390 e. The summed E-state index contributed by atoms with van der Waals surface area (Å²) in [4.78, 5) is 6.25. The van der Waals surface area contributed by atoms with E-state index in [9.17, 15) is 5.11 Å². The zero-order chi connectivity index (χ0) is 10.7. The van der Waals surface area contributed by atoms with Gasteiger partial charge in [-0.25, -0.2) is 4.98 Å². The summed E-state index contributed by atoms with van der Waals surface area (Å²) in [6.07, 6.45) is 6.11. The van der Waals surface area contributed by atoms with Gasteiger partial charge in [0.15, 0.2) is 0 Å². The number of β-amino-alcohol motifs (C(OH)–C–C–N with tert-alkyl or cyclic N) is 1. The van der Waals surface area contributed by atoms with Crippen molar-refractivity contribution < 1.29 is 5.11 Å². The SMILES string of the molecule is NCCCN1C[C@@H](n2ccnc2)[C@@H](O)C1. The highest BCUT2D eigenvalue weighted by Crippen LogP contribution is 2.21. The van der Waals surface area contributed by atoms with Crippen molar-refractivity contribution in [3.8, 4) is 0 Å². The Morgan fingerprint density at radius 3 is 3.00 bits per heavy atom. The van der Waals surface area contributed by atoms with Crippen molar-refractivity contribution in [3.05, 3.63) is 18.7 Å². The van der Waals surface area contributed by atoms with Crippen LogP contribution < -0.4 is 5.73 Å². The molecule has 3 N–H and O–H groups in total. The summed E-state index contributed by atoms with van der Waals surface area (Å²) in [6, 6.07) is 0.144. The minimum atomic E-state index is -0.294. The summed E-state index contributed by atoms with van der Waals surface area (Å²) >= 11 is 0. The third-order valence-corrected chi connectivity index (χ3v) is 2.92. The molecule has 1 fully saturated rings. The molecule has 2 atom stereocenters. The first-order valence-electron chi connectivity index (χ1n) is 5.39. The van der Waals surface area contributed by atoms with Gasteiger partial charge in [-0.3, -0.25) is 4.90 Å². The van der Waals surface area contributed by atoms with Crippen LogP contribution >= 0.6 is 0 Å². The van der Waals surface area contributed by atoms with Gasteiger partial charge in [0.25, 0.3) is 0 Å². The number of aliphatic hydroxyl groups excluding tert-OH is 1. The summed E-state index contributed by atoms with van der Waals surface area (Å²) in [7, 11) is 0. The molecule has 0 unspecified atom stereocenters. The third-order valence-electron chi connectivity index (χ3n) is 2.92. The van der Waals surface area contributed by atoms with Crippen molar-refractivity contribution in [2.45, 2.75) is 18.6 Å². The lowest BCUT2D eigenvalue weighted by molar-refractivity contribution is 0.144. The van der Waals surface area contributed by atoms with Gasteiger partial charge in [-0.15, -0.1) is 0 Å². The Hall–Kier alpha value is -0.910. The lowest BCUT2D eigenvalue weighted by Gasteiger charge is -2.15. The molecule has 1 saturated heterocycles. The smallest absolute Gasteiger partial charge is 0.0949 e. The molecule has 0 saturated carbocycles. The van der Waals surface area contributed by atoms with E-state index in [4.69, 9.17) is 5.73 Å². The van der Waals surface area contributed by atoms with Gasteiger partial charge in [-0.1, -0.05) is 0 Å². The molecule has 2 heterocycles. The monoisotopic (exact) mass is 210 g/mol. The van der Waals surface area contributed by atoms with E-state index in [-0.39, 0.29) is 12.1 Å². The molecule has 1 aliphatic heterocycles. The van der Waals surface area contributed by atoms with E-state index in [1.54, 1.807) is 12.5 Å². The maximum atomic E-state index is 9.91. The maximum absolute atomic E-state index is 9.91. The lowest BCUT2D eigenvalue weighted by Crippen LogP contribution is -2.24. The molecule has 0 spiro atoms. The number of hydrogen-bond donors (Lipinski definition) is 2. The number of imidazole rings is 1. The maximum Gasteiger partial charge on any atom is 0.0949 e. The Morgan fingerprint density at radius 2 is 2.33 bits per heavy atom. The van der Waals surface area contributed by atoms with Crippen LogP contribution in [0.5, 0.6) is 0 Å². The fourth-order valence-electron chi connectivity index (χ4n) is 2.10. The van der Waals surface area contributed by atoms with Crippen LogP contribution in [0, 0.1) is 0 Å². The van der Waals surface area contributed by atoms with Crippen molar-refractivity contribution in [3.63, 3.8) is 0 Å². The van der Waals surface area contributed by atoms with Gasteiger partial charge in [-0.2, -0.15) is 0 Å². The Bertz CT molecular complexity index is 288. The highest BCUT2D eigenvalue weighted by Gasteiger charge is 2.31. The number of likely N-dealkylation sites (tertiary alicyclic amines) is 1. The van der Waals surface area contributed by atoms with Crippen molar-refractivity contribution in [1.82, 2.24) is 14.5 Å². The molecule has 0 aliphatic carbocycles. The minimum Gasteiger partial charge on any atom is -0.390 e. The Balaban J connectivity index is 1.93. The molecule has 0 bridgehead atoms. The third kappa shape index (κ3) is 2.37. The first kappa shape index (κ1) is 10.6. The number of aliphatic hydroxyl groups is 1. The number of nitrogens with two attached hydrogens (primary N) is 1. The standard InChI is InChI=1S/C10H18N4O/c11-2-1-4-13-6-9(10(15)7-13)14-5-3-12-8-14/h3,5,8-10,15H,1-2,4,6-7,11H2/t9-,10+/m1/s1. The van der Waals surface area contributed by atoms with E-state index >= 15 is 0 Å². The molecule has 0 aromatic carbocycles. The first-order chi connectivity index (χ1) is 7.31. The number of rotatable bonds is 4.